The summed E-state index contributed by atoms with van der Waals surface area (Å²) >= 11 is 6.02. The first-order chi connectivity index (χ1) is 11.9. The third kappa shape index (κ3) is 3.91. The van der Waals surface area contributed by atoms with Gasteiger partial charge in [0.05, 0.1) is 17.1 Å². The van der Waals surface area contributed by atoms with Gasteiger partial charge in [-0.3, -0.25) is 4.79 Å². The summed E-state index contributed by atoms with van der Waals surface area (Å²) in [6.07, 6.45) is -0.500. The van der Waals surface area contributed by atoms with E-state index in [-0.39, 0.29) is 18.1 Å². The molecule has 1 aliphatic heterocycles. The van der Waals surface area contributed by atoms with Gasteiger partial charge < -0.3 is 15.1 Å². The number of benzene rings is 2. The fourth-order valence-electron chi connectivity index (χ4n) is 2.57. The number of nitrogens with zero attached hydrogens (tertiary/aromatic N) is 2. The molecule has 1 atom stereocenters. The standard InChI is InChI=1S/C18H17ClFN3O2/c1-23(2)16-7-6-12(19)9-15(16)21-18(24)17-10-14(22-25-17)11-4-3-5-13(20)8-11/h3-9,17H,10H2,1-2H3,(H,21,24). The minimum absolute atomic E-state index is 0.271. The molecule has 0 aromatic heterocycles. The van der Waals surface area contributed by atoms with Gasteiger partial charge in [-0.15, -0.1) is 0 Å². The van der Waals surface area contributed by atoms with Crippen LogP contribution in [0.2, 0.25) is 5.02 Å². The van der Waals surface area contributed by atoms with Crippen LogP contribution in [0.1, 0.15) is 12.0 Å². The summed E-state index contributed by atoms with van der Waals surface area (Å²) in [7, 11) is 3.74. The monoisotopic (exact) mass is 361 g/mol. The summed E-state index contributed by atoms with van der Waals surface area (Å²) in [5.74, 6) is -0.692. The largest absolute Gasteiger partial charge is 0.382 e. The molecule has 3 rings (SSSR count). The minimum Gasteiger partial charge on any atom is -0.382 e. The highest BCUT2D eigenvalue weighted by Gasteiger charge is 2.29. The van der Waals surface area contributed by atoms with Crippen molar-refractivity contribution in [3.05, 3.63) is 58.9 Å². The summed E-state index contributed by atoms with van der Waals surface area (Å²) in [5.41, 5.74) is 2.55. The van der Waals surface area contributed by atoms with Gasteiger partial charge in [0.15, 0.2) is 0 Å². The zero-order valence-corrected chi connectivity index (χ0v) is 14.5. The third-order valence-electron chi connectivity index (χ3n) is 3.82. The Balaban J connectivity index is 1.71. The maximum atomic E-state index is 13.3. The molecule has 5 nitrogen and oxygen atoms in total. The lowest BCUT2D eigenvalue weighted by atomic mass is 10.0. The average Bonchev–Trinajstić information content (AvgIpc) is 3.05. The van der Waals surface area contributed by atoms with Crippen LogP contribution in [-0.2, 0) is 9.63 Å². The number of oxime groups is 1. The number of halogens is 2. The van der Waals surface area contributed by atoms with Gasteiger partial charge in [-0.2, -0.15) is 0 Å². The molecule has 0 aliphatic carbocycles. The minimum atomic E-state index is -0.771. The molecule has 7 heteroatoms. The maximum absolute atomic E-state index is 13.3. The van der Waals surface area contributed by atoms with Crippen molar-refractivity contribution in [2.24, 2.45) is 5.16 Å². The molecular weight excluding hydrogens is 345 g/mol. The van der Waals surface area contributed by atoms with Crippen molar-refractivity contribution >= 4 is 34.6 Å². The second-order valence-corrected chi connectivity index (χ2v) is 6.33. The van der Waals surface area contributed by atoms with E-state index in [1.54, 1.807) is 24.3 Å². The van der Waals surface area contributed by atoms with Crippen LogP contribution in [0, 0.1) is 5.82 Å². The number of carbonyl (C=O) groups is 1. The Morgan fingerprint density at radius 2 is 2.12 bits per heavy atom. The predicted octanol–water partition coefficient (Wildman–Crippen LogP) is 3.68. The molecule has 1 N–H and O–H groups in total. The second-order valence-electron chi connectivity index (χ2n) is 5.89. The molecule has 0 saturated carbocycles. The van der Waals surface area contributed by atoms with Crippen molar-refractivity contribution in [2.75, 3.05) is 24.3 Å². The first kappa shape index (κ1) is 17.2. The molecule has 0 radical (unpaired) electrons. The predicted molar refractivity (Wildman–Crippen MR) is 96.8 cm³/mol. The van der Waals surface area contributed by atoms with E-state index in [1.165, 1.54) is 12.1 Å². The number of hydrogen-bond acceptors (Lipinski definition) is 4. The van der Waals surface area contributed by atoms with E-state index in [1.807, 2.05) is 25.1 Å². The van der Waals surface area contributed by atoms with E-state index in [9.17, 15) is 9.18 Å². The van der Waals surface area contributed by atoms with Gasteiger partial charge in [0, 0.05) is 31.1 Å². The molecule has 0 saturated heterocycles. The third-order valence-corrected chi connectivity index (χ3v) is 4.05. The maximum Gasteiger partial charge on any atom is 0.268 e. The van der Waals surface area contributed by atoms with E-state index in [4.69, 9.17) is 16.4 Å². The van der Waals surface area contributed by atoms with E-state index in [0.717, 1.165) is 5.69 Å². The Labute approximate surface area is 150 Å². The van der Waals surface area contributed by atoms with Crippen molar-refractivity contribution in [2.45, 2.75) is 12.5 Å². The molecule has 2 aromatic rings. The molecular formula is C18H17ClFN3O2. The molecule has 25 heavy (non-hydrogen) atoms. The zero-order valence-electron chi connectivity index (χ0n) is 13.8. The van der Waals surface area contributed by atoms with Gasteiger partial charge in [0.25, 0.3) is 5.91 Å². The smallest absolute Gasteiger partial charge is 0.268 e. The van der Waals surface area contributed by atoms with Crippen molar-refractivity contribution in [1.82, 2.24) is 0 Å². The number of nitrogens with one attached hydrogen (secondary N) is 1. The van der Waals surface area contributed by atoms with Gasteiger partial charge in [0.1, 0.15) is 5.82 Å². The van der Waals surface area contributed by atoms with Crippen LogP contribution in [-0.4, -0.2) is 31.8 Å². The van der Waals surface area contributed by atoms with E-state index < -0.39 is 6.10 Å². The molecule has 0 fully saturated rings. The van der Waals surface area contributed by atoms with Crippen LogP contribution in [0.25, 0.3) is 0 Å². The van der Waals surface area contributed by atoms with Crippen molar-refractivity contribution in [3.8, 4) is 0 Å². The lowest BCUT2D eigenvalue weighted by Crippen LogP contribution is -2.28. The Morgan fingerprint density at radius 1 is 1.32 bits per heavy atom. The highest BCUT2D eigenvalue weighted by molar-refractivity contribution is 6.31. The first-order valence-electron chi connectivity index (χ1n) is 7.70. The lowest BCUT2D eigenvalue weighted by Gasteiger charge is -2.19. The Kier molecular flexibility index (Phi) is 4.90. The first-order valence-corrected chi connectivity index (χ1v) is 8.08. The molecule has 130 valence electrons. The molecule has 1 aliphatic rings. The number of carbonyl (C=O) groups excluding carboxylic acids is 1. The number of hydrogen-bond donors (Lipinski definition) is 1. The van der Waals surface area contributed by atoms with Gasteiger partial charge in [-0.05, 0) is 30.3 Å². The van der Waals surface area contributed by atoms with E-state index >= 15 is 0 Å². The van der Waals surface area contributed by atoms with Gasteiger partial charge in [-0.1, -0.05) is 28.9 Å². The summed E-state index contributed by atoms with van der Waals surface area (Å²) in [5, 5.41) is 7.26. The number of amides is 1. The molecule has 1 heterocycles. The van der Waals surface area contributed by atoms with Gasteiger partial charge in [0.2, 0.25) is 6.10 Å². The summed E-state index contributed by atoms with van der Waals surface area (Å²) in [4.78, 5) is 19.6. The van der Waals surface area contributed by atoms with Gasteiger partial charge in [-0.25, -0.2) is 4.39 Å². The van der Waals surface area contributed by atoms with Crippen LogP contribution in [0.15, 0.2) is 47.6 Å². The fourth-order valence-corrected chi connectivity index (χ4v) is 2.74. The average molecular weight is 362 g/mol. The quantitative estimate of drug-likeness (QED) is 0.903. The molecule has 0 bridgehead atoms. The highest BCUT2D eigenvalue weighted by Crippen LogP contribution is 2.28. The van der Waals surface area contributed by atoms with Crippen molar-refractivity contribution < 1.29 is 14.0 Å². The van der Waals surface area contributed by atoms with E-state index in [2.05, 4.69) is 10.5 Å². The molecule has 2 aromatic carbocycles. The second kappa shape index (κ2) is 7.11. The molecule has 1 unspecified atom stereocenters. The van der Waals surface area contributed by atoms with Crippen LogP contribution in [0.3, 0.4) is 0 Å². The number of rotatable bonds is 4. The fraction of sp³-hybridized carbons (Fsp3) is 0.222. The van der Waals surface area contributed by atoms with Crippen LogP contribution in [0.5, 0.6) is 0 Å². The zero-order chi connectivity index (χ0) is 18.0. The molecule has 0 spiro atoms. The topological polar surface area (TPSA) is 53.9 Å². The normalized spacial score (nSPS) is 16.2. The van der Waals surface area contributed by atoms with Crippen LogP contribution < -0.4 is 10.2 Å². The van der Waals surface area contributed by atoms with E-state index in [0.29, 0.717) is 22.0 Å². The highest BCUT2D eigenvalue weighted by atomic mass is 35.5. The Hall–Kier alpha value is -2.60. The molecule has 1 amide bonds. The number of anilines is 2. The van der Waals surface area contributed by atoms with Gasteiger partial charge >= 0.3 is 0 Å². The van der Waals surface area contributed by atoms with Crippen LogP contribution >= 0.6 is 11.6 Å². The van der Waals surface area contributed by atoms with Crippen molar-refractivity contribution in [3.63, 3.8) is 0 Å². The SMILES string of the molecule is CN(C)c1ccc(Cl)cc1NC(=O)C1CC(c2cccc(F)c2)=NO1. The Morgan fingerprint density at radius 3 is 2.84 bits per heavy atom. The summed E-state index contributed by atoms with van der Waals surface area (Å²) < 4.78 is 13.3. The lowest BCUT2D eigenvalue weighted by molar-refractivity contribution is -0.125. The Bertz CT molecular complexity index is 839. The summed E-state index contributed by atoms with van der Waals surface area (Å²) in [6.45, 7) is 0. The van der Waals surface area contributed by atoms with Crippen LogP contribution in [0.4, 0.5) is 15.8 Å². The summed E-state index contributed by atoms with van der Waals surface area (Å²) in [6, 6.07) is 11.3. The van der Waals surface area contributed by atoms with Crippen molar-refractivity contribution in [1.29, 1.82) is 0 Å².